The van der Waals surface area contributed by atoms with Gasteiger partial charge in [0.25, 0.3) is 5.91 Å². The van der Waals surface area contributed by atoms with Crippen LogP contribution in [0.4, 0.5) is 11.6 Å². The van der Waals surface area contributed by atoms with Gasteiger partial charge in [0.15, 0.2) is 0 Å². The van der Waals surface area contributed by atoms with Gasteiger partial charge in [-0.25, -0.2) is 4.68 Å². The van der Waals surface area contributed by atoms with E-state index in [1.54, 1.807) is 28.9 Å². The van der Waals surface area contributed by atoms with Crippen LogP contribution in [0.15, 0.2) is 66.1 Å². The van der Waals surface area contributed by atoms with Crippen molar-refractivity contribution in [1.82, 2.24) is 14.8 Å². The molecule has 0 saturated carbocycles. The zero-order valence-corrected chi connectivity index (χ0v) is 16.1. The van der Waals surface area contributed by atoms with Crippen LogP contribution in [-0.2, 0) is 4.79 Å². The normalized spacial score (nSPS) is 15.4. The van der Waals surface area contributed by atoms with Gasteiger partial charge in [-0.2, -0.15) is 10.1 Å². The first-order valence-electron chi connectivity index (χ1n) is 9.28. The maximum atomic E-state index is 13.3. The molecule has 0 radical (unpaired) electrons. The number of para-hydroxylation sites is 2. The molecule has 1 aliphatic rings. The van der Waals surface area contributed by atoms with Crippen LogP contribution in [0.5, 0.6) is 11.5 Å². The highest BCUT2D eigenvalue weighted by Crippen LogP contribution is 2.36. The molecule has 3 N–H and O–H groups in total. The minimum Gasteiger partial charge on any atom is -0.508 e. The number of phenolic OH excluding ortho intramolecular Hbond substituents is 1. The molecule has 1 amide bonds. The predicted octanol–water partition coefficient (Wildman–Crippen LogP) is 3.31. The maximum absolute atomic E-state index is 13.3. The summed E-state index contributed by atoms with van der Waals surface area (Å²) >= 11 is 0. The number of aromatic hydroxyl groups is 1. The van der Waals surface area contributed by atoms with Gasteiger partial charge < -0.3 is 20.5 Å². The van der Waals surface area contributed by atoms with Gasteiger partial charge >= 0.3 is 0 Å². The minimum atomic E-state index is -0.542. The van der Waals surface area contributed by atoms with Crippen molar-refractivity contribution in [2.75, 3.05) is 17.2 Å². The monoisotopic (exact) mass is 391 g/mol. The highest BCUT2D eigenvalue weighted by Gasteiger charge is 2.33. The topological polar surface area (TPSA) is 101 Å². The third kappa shape index (κ3) is 3.52. The van der Waals surface area contributed by atoms with E-state index < -0.39 is 6.04 Å². The van der Waals surface area contributed by atoms with Gasteiger partial charge in [-0.3, -0.25) is 4.79 Å². The number of rotatable bonds is 5. The lowest BCUT2D eigenvalue weighted by molar-refractivity contribution is -0.113. The number of amides is 1. The molecule has 29 heavy (non-hydrogen) atoms. The van der Waals surface area contributed by atoms with Gasteiger partial charge in [0.2, 0.25) is 5.95 Å². The van der Waals surface area contributed by atoms with Crippen LogP contribution in [0.25, 0.3) is 0 Å². The third-order valence-electron chi connectivity index (χ3n) is 4.66. The number of anilines is 2. The van der Waals surface area contributed by atoms with Crippen LogP contribution >= 0.6 is 0 Å². The van der Waals surface area contributed by atoms with Crippen molar-refractivity contribution in [3.8, 4) is 11.5 Å². The van der Waals surface area contributed by atoms with E-state index in [0.717, 1.165) is 5.56 Å². The van der Waals surface area contributed by atoms with Gasteiger partial charge in [0, 0.05) is 5.70 Å². The lowest BCUT2D eigenvalue weighted by Crippen LogP contribution is -2.31. The number of nitrogens with zero attached hydrogens (tertiary/aromatic N) is 3. The van der Waals surface area contributed by atoms with Gasteiger partial charge in [-0.1, -0.05) is 24.3 Å². The molecule has 0 spiro atoms. The van der Waals surface area contributed by atoms with Crippen molar-refractivity contribution < 1.29 is 14.6 Å². The summed E-state index contributed by atoms with van der Waals surface area (Å²) in [6.45, 7) is 4.20. The number of aromatic nitrogens is 3. The largest absolute Gasteiger partial charge is 0.508 e. The summed E-state index contributed by atoms with van der Waals surface area (Å²) in [4.78, 5) is 17.6. The van der Waals surface area contributed by atoms with E-state index in [9.17, 15) is 9.90 Å². The first-order valence-corrected chi connectivity index (χ1v) is 9.28. The Kier molecular flexibility index (Phi) is 4.90. The number of carbonyl (C=O) groups excluding carboxylic acids is 1. The zero-order chi connectivity index (χ0) is 20.4. The predicted molar refractivity (Wildman–Crippen MR) is 109 cm³/mol. The SMILES string of the molecule is CCOc1ccccc1NC(=O)C1=C(C)Nc2ncnn2[C@@H]1c1cccc(O)c1. The number of hydrogen-bond donors (Lipinski definition) is 3. The zero-order valence-electron chi connectivity index (χ0n) is 16.1. The molecule has 1 aromatic heterocycles. The Balaban J connectivity index is 1.75. The molecule has 8 nitrogen and oxygen atoms in total. The van der Waals surface area contributed by atoms with E-state index in [-0.39, 0.29) is 11.7 Å². The van der Waals surface area contributed by atoms with E-state index in [4.69, 9.17) is 4.74 Å². The number of nitrogens with one attached hydrogen (secondary N) is 2. The van der Waals surface area contributed by atoms with Crippen molar-refractivity contribution in [2.45, 2.75) is 19.9 Å². The Morgan fingerprint density at radius 3 is 2.90 bits per heavy atom. The number of phenols is 1. The molecule has 148 valence electrons. The molecule has 3 aromatic rings. The fourth-order valence-electron chi connectivity index (χ4n) is 3.43. The molecular weight excluding hydrogens is 370 g/mol. The second-order valence-corrected chi connectivity index (χ2v) is 6.57. The fraction of sp³-hybridized carbons (Fsp3) is 0.190. The van der Waals surface area contributed by atoms with Gasteiger partial charge in [0.05, 0.1) is 17.9 Å². The van der Waals surface area contributed by atoms with E-state index in [0.29, 0.717) is 35.3 Å². The summed E-state index contributed by atoms with van der Waals surface area (Å²) in [7, 11) is 0. The smallest absolute Gasteiger partial charge is 0.255 e. The van der Waals surface area contributed by atoms with E-state index >= 15 is 0 Å². The highest BCUT2D eigenvalue weighted by molar-refractivity contribution is 6.06. The molecule has 0 aliphatic carbocycles. The summed E-state index contributed by atoms with van der Waals surface area (Å²) in [5.74, 6) is 0.946. The molecule has 2 heterocycles. The third-order valence-corrected chi connectivity index (χ3v) is 4.66. The van der Waals surface area contributed by atoms with Crippen molar-refractivity contribution in [3.05, 3.63) is 71.7 Å². The number of fused-ring (bicyclic) bond motifs is 1. The van der Waals surface area contributed by atoms with Crippen LogP contribution in [0.2, 0.25) is 0 Å². The Morgan fingerprint density at radius 1 is 1.28 bits per heavy atom. The van der Waals surface area contributed by atoms with Crippen LogP contribution < -0.4 is 15.4 Å². The highest BCUT2D eigenvalue weighted by atomic mass is 16.5. The van der Waals surface area contributed by atoms with Gasteiger partial charge in [0.1, 0.15) is 23.9 Å². The quantitative estimate of drug-likeness (QED) is 0.617. The van der Waals surface area contributed by atoms with Gasteiger partial charge in [-0.05, 0) is 43.7 Å². The number of allylic oxidation sites excluding steroid dienone is 1. The minimum absolute atomic E-state index is 0.113. The van der Waals surface area contributed by atoms with Crippen LogP contribution in [-0.4, -0.2) is 32.4 Å². The molecule has 0 unspecified atom stereocenters. The van der Waals surface area contributed by atoms with Crippen molar-refractivity contribution in [3.63, 3.8) is 0 Å². The average Bonchev–Trinajstić information content (AvgIpc) is 3.16. The average molecular weight is 391 g/mol. The number of hydrogen-bond acceptors (Lipinski definition) is 6. The van der Waals surface area contributed by atoms with Crippen LogP contribution in [0.1, 0.15) is 25.5 Å². The summed E-state index contributed by atoms with van der Waals surface area (Å²) in [5.41, 5.74) is 2.43. The number of ether oxygens (including phenoxy) is 1. The lowest BCUT2D eigenvalue weighted by Gasteiger charge is -2.29. The van der Waals surface area contributed by atoms with E-state index in [1.807, 2.05) is 38.1 Å². The van der Waals surface area contributed by atoms with E-state index in [1.165, 1.54) is 6.33 Å². The molecule has 2 aromatic carbocycles. The molecule has 1 atom stereocenters. The molecule has 4 rings (SSSR count). The first kappa shape index (κ1) is 18.5. The first-order chi connectivity index (χ1) is 14.1. The standard InChI is InChI=1S/C21H21N5O3/c1-3-29-17-10-5-4-9-16(17)25-20(28)18-13(2)24-21-22-12-23-26(21)19(18)14-7-6-8-15(27)11-14/h4-12,19,27H,3H2,1-2H3,(H,25,28)(H,22,23,24)/t19-/m1/s1. The Hall–Kier alpha value is -3.81. The molecule has 8 heteroatoms. The Morgan fingerprint density at radius 2 is 2.10 bits per heavy atom. The maximum Gasteiger partial charge on any atom is 0.255 e. The van der Waals surface area contributed by atoms with Crippen molar-refractivity contribution >= 4 is 17.5 Å². The summed E-state index contributed by atoms with van der Waals surface area (Å²) in [6.07, 6.45) is 1.43. The molecule has 0 fully saturated rings. The lowest BCUT2D eigenvalue weighted by atomic mass is 9.95. The summed E-state index contributed by atoms with van der Waals surface area (Å²) < 4.78 is 7.25. The van der Waals surface area contributed by atoms with Gasteiger partial charge in [-0.15, -0.1) is 0 Å². The molecule has 0 saturated heterocycles. The Labute approximate surface area is 167 Å². The second-order valence-electron chi connectivity index (χ2n) is 6.57. The number of benzene rings is 2. The van der Waals surface area contributed by atoms with Crippen molar-refractivity contribution in [1.29, 1.82) is 0 Å². The van der Waals surface area contributed by atoms with E-state index in [2.05, 4.69) is 20.7 Å². The summed E-state index contributed by atoms with van der Waals surface area (Å²) in [5, 5.41) is 20.3. The second kappa shape index (κ2) is 7.67. The Bertz CT molecular complexity index is 1090. The van der Waals surface area contributed by atoms with Crippen LogP contribution in [0, 0.1) is 0 Å². The number of carbonyl (C=O) groups is 1. The fourth-order valence-corrected chi connectivity index (χ4v) is 3.43. The molecule has 1 aliphatic heterocycles. The van der Waals surface area contributed by atoms with Crippen molar-refractivity contribution in [2.24, 2.45) is 0 Å². The molecule has 0 bridgehead atoms. The molecular formula is C21H21N5O3. The summed E-state index contributed by atoms with van der Waals surface area (Å²) in [6, 6.07) is 13.5. The van der Waals surface area contributed by atoms with Crippen LogP contribution in [0.3, 0.4) is 0 Å².